The van der Waals surface area contributed by atoms with Crippen LogP contribution < -0.4 is 5.32 Å². The van der Waals surface area contributed by atoms with Crippen molar-refractivity contribution in [3.05, 3.63) is 69.8 Å². The molecule has 3 rings (SSSR count). The molecule has 0 unspecified atom stereocenters. The maximum Gasteiger partial charge on any atom is 0.339 e. The van der Waals surface area contributed by atoms with Crippen LogP contribution in [0.5, 0.6) is 5.75 Å². The number of nitrogens with one attached hydrogen (secondary N) is 1. The van der Waals surface area contributed by atoms with E-state index in [2.05, 4.69) is 5.32 Å². The van der Waals surface area contributed by atoms with E-state index in [1.807, 2.05) is 0 Å². The van der Waals surface area contributed by atoms with Gasteiger partial charge in [-0.3, -0.25) is 4.79 Å². The Morgan fingerprint density at radius 3 is 2.41 bits per heavy atom. The number of anilines is 1. The second kappa shape index (κ2) is 7.20. The molecule has 3 N–H and O–H groups in total. The number of carbonyl (C=O) groups excluding carboxylic acids is 1. The summed E-state index contributed by atoms with van der Waals surface area (Å²) in [5.74, 6) is -2.68. The zero-order chi connectivity index (χ0) is 19.7. The van der Waals surface area contributed by atoms with Crippen LogP contribution in [-0.2, 0) is 0 Å². The van der Waals surface area contributed by atoms with Crippen molar-refractivity contribution in [3.63, 3.8) is 0 Å². The van der Waals surface area contributed by atoms with Gasteiger partial charge in [-0.1, -0.05) is 23.8 Å². The van der Waals surface area contributed by atoms with E-state index >= 15 is 0 Å². The van der Waals surface area contributed by atoms with E-state index in [-0.39, 0.29) is 33.0 Å². The predicted octanol–water partition coefficient (Wildman–Crippen LogP) is 4.83. The lowest BCUT2D eigenvalue weighted by molar-refractivity contribution is 0.0699. The Morgan fingerprint density at radius 1 is 1.07 bits per heavy atom. The first-order chi connectivity index (χ1) is 12.8. The average molecular weight is 385 g/mol. The molecule has 27 heavy (non-hydrogen) atoms. The third-order valence-electron chi connectivity index (χ3n) is 4.02. The molecule has 0 aliphatic rings. The van der Waals surface area contributed by atoms with Gasteiger partial charge in [0, 0.05) is 10.9 Å². The molecule has 7 heteroatoms. The SMILES string of the molecule is Cc1ccc(-c2scc(NC(=O)c3cc(C)ccc3O)c2C(=O)O)c(F)c1. The quantitative estimate of drug-likeness (QED) is 0.600. The fourth-order valence-corrected chi connectivity index (χ4v) is 3.71. The molecule has 138 valence electrons. The van der Waals surface area contributed by atoms with E-state index in [9.17, 15) is 24.2 Å². The van der Waals surface area contributed by atoms with Gasteiger partial charge in [0.05, 0.1) is 16.1 Å². The van der Waals surface area contributed by atoms with Gasteiger partial charge >= 0.3 is 5.97 Å². The van der Waals surface area contributed by atoms with E-state index in [4.69, 9.17) is 0 Å². The van der Waals surface area contributed by atoms with E-state index in [1.165, 1.54) is 29.6 Å². The normalized spacial score (nSPS) is 10.6. The van der Waals surface area contributed by atoms with Crippen LogP contribution >= 0.6 is 11.3 Å². The molecule has 0 fully saturated rings. The number of phenolic OH excluding ortho intramolecular Hbond substituents is 1. The number of aryl methyl sites for hydroxylation is 2. The smallest absolute Gasteiger partial charge is 0.339 e. The number of carbonyl (C=O) groups is 2. The highest BCUT2D eigenvalue weighted by Gasteiger charge is 2.24. The highest BCUT2D eigenvalue weighted by molar-refractivity contribution is 7.14. The number of carboxylic acids is 1. The van der Waals surface area contributed by atoms with Gasteiger partial charge in [0.25, 0.3) is 5.91 Å². The standard InChI is InChI=1S/C20H16FNO4S/c1-10-4-6-16(23)13(7-10)19(24)22-15-9-27-18(17(15)20(25)26)12-5-3-11(2)8-14(12)21/h3-9,23H,1-2H3,(H,22,24)(H,25,26). The molecule has 3 aromatic rings. The fourth-order valence-electron chi connectivity index (χ4n) is 2.69. The van der Waals surface area contributed by atoms with Crippen LogP contribution in [-0.4, -0.2) is 22.1 Å². The van der Waals surface area contributed by atoms with Crippen molar-refractivity contribution in [1.29, 1.82) is 0 Å². The number of rotatable bonds is 4. The third kappa shape index (κ3) is 3.68. The molecule has 0 atom stereocenters. The first-order valence-corrected chi connectivity index (χ1v) is 8.88. The van der Waals surface area contributed by atoms with Gasteiger partial charge < -0.3 is 15.5 Å². The number of benzene rings is 2. The summed E-state index contributed by atoms with van der Waals surface area (Å²) in [6.45, 7) is 3.50. The van der Waals surface area contributed by atoms with Crippen molar-refractivity contribution >= 4 is 28.9 Å². The summed E-state index contributed by atoms with van der Waals surface area (Å²) in [4.78, 5) is 24.5. The number of thiophene rings is 1. The summed E-state index contributed by atoms with van der Waals surface area (Å²) in [7, 11) is 0. The number of hydrogen-bond acceptors (Lipinski definition) is 4. The van der Waals surface area contributed by atoms with Crippen LogP contribution in [0.4, 0.5) is 10.1 Å². The van der Waals surface area contributed by atoms with Gasteiger partial charge in [-0.05, 0) is 37.6 Å². The number of phenols is 1. The van der Waals surface area contributed by atoms with E-state index in [0.29, 0.717) is 5.56 Å². The van der Waals surface area contributed by atoms with Crippen molar-refractivity contribution in [2.75, 3.05) is 5.32 Å². The molecule has 1 aromatic heterocycles. The largest absolute Gasteiger partial charge is 0.507 e. The summed E-state index contributed by atoms with van der Waals surface area (Å²) in [6, 6.07) is 9.07. The van der Waals surface area contributed by atoms with Gasteiger partial charge in [-0.2, -0.15) is 0 Å². The topological polar surface area (TPSA) is 86.6 Å². The Kier molecular flexibility index (Phi) is 4.96. The Bertz CT molecular complexity index is 1060. The summed E-state index contributed by atoms with van der Waals surface area (Å²) < 4.78 is 14.3. The second-order valence-corrected chi connectivity index (χ2v) is 7.00. The first kappa shape index (κ1) is 18.6. The molecular formula is C20H16FNO4S. The van der Waals surface area contributed by atoms with Crippen molar-refractivity contribution in [1.82, 2.24) is 0 Å². The lowest BCUT2D eigenvalue weighted by atomic mass is 10.1. The van der Waals surface area contributed by atoms with Gasteiger partial charge in [0.1, 0.15) is 17.1 Å². The van der Waals surface area contributed by atoms with Crippen LogP contribution in [0.25, 0.3) is 10.4 Å². The maximum absolute atomic E-state index is 14.3. The molecule has 1 heterocycles. The fraction of sp³-hybridized carbons (Fsp3) is 0.100. The van der Waals surface area contributed by atoms with Gasteiger partial charge in [0.2, 0.25) is 0 Å². The predicted molar refractivity (Wildman–Crippen MR) is 102 cm³/mol. The molecule has 0 aliphatic heterocycles. The molecule has 0 bridgehead atoms. The average Bonchev–Trinajstić information content (AvgIpc) is 3.00. The molecular weight excluding hydrogens is 369 g/mol. The molecule has 0 saturated heterocycles. The highest BCUT2D eigenvalue weighted by atomic mass is 32.1. The minimum absolute atomic E-state index is 0.0283. The van der Waals surface area contributed by atoms with Crippen LogP contribution in [0.2, 0.25) is 0 Å². The molecule has 1 amide bonds. The Morgan fingerprint density at radius 2 is 1.74 bits per heavy atom. The monoisotopic (exact) mass is 385 g/mol. The van der Waals surface area contributed by atoms with Crippen LogP contribution in [0.1, 0.15) is 31.8 Å². The molecule has 0 saturated carbocycles. The lowest BCUT2D eigenvalue weighted by Gasteiger charge is -2.09. The summed E-state index contributed by atoms with van der Waals surface area (Å²) in [5.41, 5.74) is 1.52. The van der Waals surface area contributed by atoms with Crippen LogP contribution in [0.15, 0.2) is 41.8 Å². The minimum Gasteiger partial charge on any atom is -0.507 e. The molecule has 2 aromatic carbocycles. The first-order valence-electron chi connectivity index (χ1n) is 8.00. The number of aromatic carboxylic acids is 1. The number of hydrogen-bond donors (Lipinski definition) is 3. The summed E-state index contributed by atoms with van der Waals surface area (Å²) in [5, 5.41) is 23.4. The minimum atomic E-state index is -1.28. The number of carboxylic acid groups (broad SMARTS) is 1. The number of amides is 1. The Hall–Kier alpha value is -3.19. The van der Waals surface area contributed by atoms with Crippen molar-refractivity contribution in [2.45, 2.75) is 13.8 Å². The van der Waals surface area contributed by atoms with E-state index in [1.54, 1.807) is 26.0 Å². The zero-order valence-corrected chi connectivity index (χ0v) is 15.4. The van der Waals surface area contributed by atoms with Crippen molar-refractivity contribution < 1.29 is 24.2 Å². The maximum atomic E-state index is 14.3. The zero-order valence-electron chi connectivity index (χ0n) is 14.5. The van der Waals surface area contributed by atoms with E-state index in [0.717, 1.165) is 16.9 Å². The van der Waals surface area contributed by atoms with Crippen molar-refractivity contribution in [2.24, 2.45) is 0 Å². The van der Waals surface area contributed by atoms with Gasteiger partial charge in [-0.25, -0.2) is 9.18 Å². The summed E-state index contributed by atoms with van der Waals surface area (Å²) in [6.07, 6.45) is 0. The number of aromatic hydroxyl groups is 1. The van der Waals surface area contributed by atoms with Crippen LogP contribution in [0.3, 0.4) is 0 Å². The lowest BCUT2D eigenvalue weighted by Crippen LogP contribution is -2.14. The molecule has 0 aliphatic carbocycles. The van der Waals surface area contributed by atoms with Gasteiger partial charge in [0.15, 0.2) is 0 Å². The third-order valence-corrected chi connectivity index (χ3v) is 5.03. The van der Waals surface area contributed by atoms with Crippen molar-refractivity contribution in [3.8, 4) is 16.2 Å². The second-order valence-electron chi connectivity index (χ2n) is 6.12. The number of halogens is 1. The Labute approximate surface area is 158 Å². The molecule has 0 spiro atoms. The molecule has 0 radical (unpaired) electrons. The van der Waals surface area contributed by atoms with Gasteiger partial charge in [-0.15, -0.1) is 11.3 Å². The van der Waals surface area contributed by atoms with Crippen LogP contribution in [0, 0.1) is 19.7 Å². The Balaban J connectivity index is 2.02. The van der Waals surface area contributed by atoms with E-state index < -0.39 is 17.7 Å². The summed E-state index contributed by atoms with van der Waals surface area (Å²) >= 11 is 1.02. The molecule has 5 nitrogen and oxygen atoms in total. The highest BCUT2D eigenvalue weighted by Crippen LogP contribution is 2.38.